The largest absolute Gasteiger partial charge is 0.493 e. The number of nitrogens with one attached hydrogen (secondary N) is 1. The van der Waals surface area contributed by atoms with Crippen LogP contribution < -0.4 is 10.1 Å². The van der Waals surface area contributed by atoms with Crippen LogP contribution >= 0.6 is 15.9 Å². The lowest BCUT2D eigenvalue weighted by Crippen LogP contribution is -2.42. The van der Waals surface area contributed by atoms with E-state index < -0.39 is 0 Å². The van der Waals surface area contributed by atoms with Gasteiger partial charge in [0.1, 0.15) is 5.75 Å². The van der Waals surface area contributed by atoms with E-state index >= 15 is 0 Å². The second-order valence-corrected chi connectivity index (χ2v) is 7.74. The van der Waals surface area contributed by atoms with Crippen molar-refractivity contribution < 1.29 is 9.84 Å². The van der Waals surface area contributed by atoms with Gasteiger partial charge >= 0.3 is 0 Å². The fourth-order valence-electron chi connectivity index (χ4n) is 2.86. The van der Waals surface area contributed by atoms with Crippen LogP contribution in [0.4, 0.5) is 0 Å². The highest BCUT2D eigenvalue weighted by Crippen LogP contribution is 2.35. The van der Waals surface area contributed by atoms with E-state index in [1.165, 1.54) is 5.56 Å². The van der Waals surface area contributed by atoms with Crippen molar-refractivity contribution in [2.75, 3.05) is 13.2 Å². The van der Waals surface area contributed by atoms with Gasteiger partial charge in [-0.05, 0) is 36.8 Å². The predicted octanol–water partition coefficient (Wildman–Crippen LogP) is 4.05. The first kappa shape index (κ1) is 16.8. The Hall–Kier alpha value is -0.580. The zero-order chi connectivity index (χ0) is 15.5. The molecule has 0 amide bonds. The van der Waals surface area contributed by atoms with Crippen molar-refractivity contribution in [3.05, 3.63) is 28.2 Å². The summed E-state index contributed by atoms with van der Waals surface area (Å²) in [6.45, 7) is 7.63. The van der Waals surface area contributed by atoms with Gasteiger partial charge in [-0.1, -0.05) is 42.8 Å². The van der Waals surface area contributed by atoms with Crippen LogP contribution in [0.1, 0.15) is 51.6 Å². The summed E-state index contributed by atoms with van der Waals surface area (Å²) in [6, 6.07) is 6.82. The lowest BCUT2D eigenvalue weighted by atomic mass is 9.83. The molecule has 2 rings (SSSR count). The van der Waals surface area contributed by atoms with Crippen LogP contribution in [0, 0.1) is 5.41 Å². The molecule has 21 heavy (non-hydrogen) atoms. The third kappa shape index (κ3) is 4.44. The first-order chi connectivity index (χ1) is 9.91. The minimum Gasteiger partial charge on any atom is -0.493 e. The molecule has 0 bridgehead atoms. The van der Waals surface area contributed by atoms with E-state index in [1.54, 1.807) is 0 Å². The molecule has 0 aliphatic carbocycles. The molecule has 1 aromatic rings. The van der Waals surface area contributed by atoms with Gasteiger partial charge in [-0.15, -0.1) is 0 Å². The van der Waals surface area contributed by atoms with Crippen LogP contribution in [0.2, 0.25) is 0 Å². The molecule has 0 spiro atoms. The standard InChI is InChI=1S/C17H26BrNO2/c1-17(2,3)16(8-9-20)19-14-5-4-10-21-15-11-12(18)6-7-13(14)15/h6-7,11,14,16,19-20H,4-5,8-10H2,1-3H3. The molecule has 0 radical (unpaired) electrons. The Balaban J connectivity index is 2.23. The normalized spacial score (nSPS) is 20.3. The Kier molecular flexibility index (Phi) is 5.69. The minimum atomic E-state index is 0.116. The van der Waals surface area contributed by atoms with E-state index in [0.29, 0.717) is 0 Å². The second-order valence-electron chi connectivity index (χ2n) is 6.82. The summed E-state index contributed by atoms with van der Waals surface area (Å²) in [4.78, 5) is 0. The van der Waals surface area contributed by atoms with Crippen molar-refractivity contribution in [1.29, 1.82) is 0 Å². The smallest absolute Gasteiger partial charge is 0.125 e. The van der Waals surface area contributed by atoms with Crippen molar-refractivity contribution in [1.82, 2.24) is 5.32 Å². The molecule has 4 heteroatoms. The quantitative estimate of drug-likeness (QED) is 0.855. The summed E-state index contributed by atoms with van der Waals surface area (Å²) in [5.74, 6) is 0.969. The van der Waals surface area contributed by atoms with Crippen LogP contribution in [-0.2, 0) is 0 Å². The Labute approximate surface area is 136 Å². The van der Waals surface area contributed by atoms with E-state index in [2.05, 4.69) is 54.2 Å². The van der Waals surface area contributed by atoms with E-state index in [4.69, 9.17) is 4.74 Å². The van der Waals surface area contributed by atoms with Gasteiger partial charge in [-0.2, -0.15) is 0 Å². The molecule has 2 unspecified atom stereocenters. The summed E-state index contributed by atoms with van der Waals surface area (Å²) < 4.78 is 6.91. The summed E-state index contributed by atoms with van der Waals surface area (Å²) in [5.41, 5.74) is 1.34. The molecule has 3 nitrogen and oxygen atoms in total. The SMILES string of the molecule is CC(C)(C)C(CCO)NC1CCCOc2cc(Br)ccc21. The maximum atomic E-state index is 9.35. The Bertz CT molecular complexity index is 470. The van der Waals surface area contributed by atoms with Crippen molar-refractivity contribution in [3.63, 3.8) is 0 Å². The highest BCUT2D eigenvalue weighted by atomic mass is 79.9. The van der Waals surface area contributed by atoms with Gasteiger partial charge in [0.05, 0.1) is 6.61 Å². The van der Waals surface area contributed by atoms with Crippen molar-refractivity contribution in [2.24, 2.45) is 5.41 Å². The Morgan fingerprint density at radius 2 is 2.19 bits per heavy atom. The van der Waals surface area contributed by atoms with Crippen LogP contribution in [-0.4, -0.2) is 24.4 Å². The number of aliphatic hydroxyl groups excluding tert-OH is 1. The van der Waals surface area contributed by atoms with E-state index in [0.717, 1.165) is 36.1 Å². The number of hydrogen-bond donors (Lipinski definition) is 2. The molecular weight excluding hydrogens is 330 g/mol. The Morgan fingerprint density at radius 3 is 2.86 bits per heavy atom. The van der Waals surface area contributed by atoms with Gasteiger partial charge in [-0.25, -0.2) is 0 Å². The molecule has 2 atom stereocenters. The molecule has 1 aromatic carbocycles. The van der Waals surface area contributed by atoms with E-state index in [9.17, 15) is 5.11 Å². The number of benzene rings is 1. The van der Waals surface area contributed by atoms with Crippen molar-refractivity contribution in [2.45, 2.75) is 52.1 Å². The van der Waals surface area contributed by atoms with Gasteiger partial charge < -0.3 is 15.2 Å². The minimum absolute atomic E-state index is 0.116. The van der Waals surface area contributed by atoms with Crippen LogP contribution in [0.15, 0.2) is 22.7 Å². The maximum absolute atomic E-state index is 9.35. The van der Waals surface area contributed by atoms with E-state index in [1.807, 2.05) is 6.07 Å². The van der Waals surface area contributed by atoms with Crippen LogP contribution in [0.5, 0.6) is 5.75 Å². The molecule has 1 heterocycles. The highest BCUT2D eigenvalue weighted by molar-refractivity contribution is 9.10. The van der Waals surface area contributed by atoms with Gasteiger partial charge in [-0.3, -0.25) is 0 Å². The Morgan fingerprint density at radius 1 is 1.43 bits per heavy atom. The predicted molar refractivity (Wildman–Crippen MR) is 89.7 cm³/mol. The summed E-state index contributed by atoms with van der Waals surface area (Å²) in [6.07, 6.45) is 2.87. The van der Waals surface area contributed by atoms with Gasteiger partial charge in [0.15, 0.2) is 0 Å². The molecule has 2 N–H and O–H groups in total. The first-order valence-electron chi connectivity index (χ1n) is 7.71. The monoisotopic (exact) mass is 355 g/mol. The maximum Gasteiger partial charge on any atom is 0.125 e. The zero-order valence-corrected chi connectivity index (χ0v) is 14.7. The highest BCUT2D eigenvalue weighted by Gasteiger charge is 2.29. The number of aliphatic hydroxyl groups is 1. The summed E-state index contributed by atoms with van der Waals surface area (Å²) >= 11 is 3.51. The zero-order valence-electron chi connectivity index (χ0n) is 13.2. The van der Waals surface area contributed by atoms with Crippen LogP contribution in [0.3, 0.4) is 0 Å². The number of hydrogen-bond acceptors (Lipinski definition) is 3. The van der Waals surface area contributed by atoms with Gasteiger partial charge in [0, 0.05) is 28.7 Å². The first-order valence-corrected chi connectivity index (χ1v) is 8.50. The topological polar surface area (TPSA) is 41.5 Å². The molecule has 0 saturated carbocycles. The van der Waals surface area contributed by atoms with Gasteiger partial charge in [0.25, 0.3) is 0 Å². The number of rotatable bonds is 4. The summed E-state index contributed by atoms with van der Waals surface area (Å²) in [7, 11) is 0. The third-order valence-electron chi connectivity index (χ3n) is 4.11. The van der Waals surface area contributed by atoms with Crippen LogP contribution in [0.25, 0.3) is 0 Å². The molecule has 0 aromatic heterocycles. The molecule has 0 fully saturated rings. The number of fused-ring (bicyclic) bond motifs is 1. The second kappa shape index (κ2) is 7.12. The fourth-order valence-corrected chi connectivity index (χ4v) is 3.20. The fraction of sp³-hybridized carbons (Fsp3) is 0.647. The van der Waals surface area contributed by atoms with E-state index in [-0.39, 0.29) is 24.1 Å². The lowest BCUT2D eigenvalue weighted by molar-refractivity contribution is 0.183. The number of ether oxygens (including phenoxy) is 1. The lowest BCUT2D eigenvalue weighted by Gasteiger charge is -2.35. The summed E-state index contributed by atoms with van der Waals surface area (Å²) in [5, 5.41) is 13.1. The molecule has 0 saturated heterocycles. The molecule has 118 valence electrons. The number of halogens is 1. The average molecular weight is 356 g/mol. The van der Waals surface area contributed by atoms with Gasteiger partial charge in [0.2, 0.25) is 0 Å². The molecular formula is C17H26BrNO2. The molecule has 1 aliphatic heterocycles. The van der Waals surface area contributed by atoms with Crippen molar-refractivity contribution >= 4 is 15.9 Å². The third-order valence-corrected chi connectivity index (χ3v) is 4.60. The average Bonchev–Trinajstić information content (AvgIpc) is 2.59. The van der Waals surface area contributed by atoms with Crippen molar-refractivity contribution in [3.8, 4) is 5.75 Å². The molecule has 1 aliphatic rings.